The zero-order valence-electron chi connectivity index (χ0n) is 16.5. The van der Waals surface area contributed by atoms with E-state index in [0.717, 1.165) is 17.9 Å². The molecule has 0 amide bonds. The molecule has 0 fully saturated rings. The lowest BCUT2D eigenvalue weighted by Gasteiger charge is -2.06. The number of quaternary nitrogens is 1. The van der Waals surface area contributed by atoms with Crippen molar-refractivity contribution in [2.75, 3.05) is 14.1 Å². The number of hydroxylamine groups is 2. The van der Waals surface area contributed by atoms with E-state index >= 15 is 0 Å². The fourth-order valence-electron chi connectivity index (χ4n) is 2.92. The van der Waals surface area contributed by atoms with Gasteiger partial charge >= 0.3 is 5.97 Å². The molecule has 3 nitrogen and oxygen atoms in total. The molecule has 0 saturated carbocycles. The molecular formula is C20H42ClNO2. The number of hydrogen-bond acceptors (Lipinski definition) is 2. The van der Waals surface area contributed by atoms with Gasteiger partial charge in [-0.25, -0.2) is 4.79 Å². The van der Waals surface area contributed by atoms with Gasteiger partial charge in [-0.3, -0.25) is 4.84 Å². The second-order valence-corrected chi connectivity index (χ2v) is 7.08. The molecule has 0 heterocycles. The van der Waals surface area contributed by atoms with E-state index < -0.39 is 0 Å². The molecule has 0 aromatic rings. The molecule has 0 aliphatic rings. The lowest BCUT2D eigenvalue weighted by Crippen LogP contribution is -3.05. The first-order chi connectivity index (χ1) is 11.2. The molecule has 0 saturated heterocycles. The van der Waals surface area contributed by atoms with Gasteiger partial charge in [0.2, 0.25) is 0 Å². The number of halogens is 1. The van der Waals surface area contributed by atoms with Gasteiger partial charge in [-0.15, -0.1) is 5.06 Å². The summed E-state index contributed by atoms with van der Waals surface area (Å²) in [5.74, 6) is -0.0697. The van der Waals surface area contributed by atoms with Crippen LogP contribution in [0.5, 0.6) is 0 Å². The number of unbranched alkanes of at least 4 members (excludes halogenated alkanes) is 14. The van der Waals surface area contributed by atoms with Crippen LogP contribution in [0.2, 0.25) is 0 Å². The molecule has 24 heavy (non-hydrogen) atoms. The minimum Gasteiger partial charge on any atom is -1.00 e. The predicted molar refractivity (Wildman–Crippen MR) is 98.4 cm³/mol. The molecule has 0 aromatic heterocycles. The second-order valence-electron chi connectivity index (χ2n) is 7.08. The van der Waals surface area contributed by atoms with Crippen molar-refractivity contribution < 1.29 is 27.1 Å². The van der Waals surface area contributed by atoms with E-state index in [1.807, 2.05) is 14.1 Å². The van der Waals surface area contributed by atoms with Gasteiger partial charge in [-0.2, -0.15) is 0 Å². The number of hydrogen-bond donors (Lipinski definition) is 1. The Labute approximate surface area is 157 Å². The van der Waals surface area contributed by atoms with Crippen molar-refractivity contribution >= 4 is 5.97 Å². The van der Waals surface area contributed by atoms with Crippen LogP contribution in [0, 0.1) is 0 Å². The average molecular weight is 364 g/mol. The maximum atomic E-state index is 11.3. The summed E-state index contributed by atoms with van der Waals surface area (Å²) in [6.45, 7) is 2.28. The van der Waals surface area contributed by atoms with Crippen LogP contribution in [0.15, 0.2) is 0 Å². The molecule has 0 bridgehead atoms. The fourth-order valence-corrected chi connectivity index (χ4v) is 2.92. The number of carbonyl (C=O) groups is 1. The highest BCUT2D eigenvalue weighted by Gasteiger charge is 2.06. The summed E-state index contributed by atoms with van der Waals surface area (Å²) in [4.78, 5) is 16.4. The van der Waals surface area contributed by atoms with Crippen molar-refractivity contribution in [2.24, 2.45) is 0 Å². The minimum absolute atomic E-state index is 0. The average Bonchev–Trinajstić information content (AvgIpc) is 2.50. The summed E-state index contributed by atoms with van der Waals surface area (Å²) in [5, 5.41) is 0.746. The quantitative estimate of drug-likeness (QED) is 0.316. The van der Waals surface area contributed by atoms with Crippen molar-refractivity contribution in [3.8, 4) is 0 Å². The molecule has 0 aromatic carbocycles. The topological polar surface area (TPSA) is 30.7 Å². The lowest BCUT2D eigenvalue weighted by atomic mass is 10.0. The molecule has 0 aliphatic carbocycles. The van der Waals surface area contributed by atoms with Crippen LogP contribution in [-0.2, 0) is 9.63 Å². The van der Waals surface area contributed by atoms with Gasteiger partial charge in [0.25, 0.3) is 0 Å². The van der Waals surface area contributed by atoms with Crippen LogP contribution < -0.4 is 17.5 Å². The lowest BCUT2D eigenvalue weighted by molar-refractivity contribution is -1.04. The SMILES string of the molecule is CCCCCCCCCCCCCCCCCC(=O)O[NH+](C)C.[Cl-]. The van der Waals surface area contributed by atoms with Crippen molar-refractivity contribution in [2.45, 2.75) is 110 Å². The summed E-state index contributed by atoms with van der Waals surface area (Å²) in [5.41, 5.74) is 0. The normalized spacial score (nSPS) is 10.7. The van der Waals surface area contributed by atoms with E-state index in [9.17, 15) is 4.79 Å². The van der Waals surface area contributed by atoms with Crippen molar-refractivity contribution in [1.29, 1.82) is 0 Å². The van der Waals surface area contributed by atoms with Gasteiger partial charge < -0.3 is 12.4 Å². The van der Waals surface area contributed by atoms with Crippen LogP contribution >= 0.6 is 0 Å². The van der Waals surface area contributed by atoms with E-state index in [1.165, 1.54) is 83.5 Å². The molecule has 4 heteroatoms. The number of nitrogens with one attached hydrogen (secondary N) is 1. The van der Waals surface area contributed by atoms with Gasteiger partial charge in [0.05, 0.1) is 6.42 Å². The summed E-state index contributed by atoms with van der Waals surface area (Å²) >= 11 is 0. The Balaban J connectivity index is 0. The minimum atomic E-state index is -0.0697. The third kappa shape index (κ3) is 21.7. The fraction of sp³-hybridized carbons (Fsp3) is 0.950. The van der Waals surface area contributed by atoms with Crippen LogP contribution in [-0.4, -0.2) is 20.1 Å². The first-order valence-electron chi connectivity index (χ1n) is 10.2. The van der Waals surface area contributed by atoms with Crippen LogP contribution in [0.4, 0.5) is 0 Å². The van der Waals surface area contributed by atoms with Crippen molar-refractivity contribution in [3.05, 3.63) is 0 Å². The summed E-state index contributed by atoms with van der Waals surface area (Å²) < 4.78 is 0. The zero-order chi connectivity index (χ0) is 17.2. The maximum Gasteiger partial charge on any atom is 0.366 e. The maximum absolute atomic E-state index is 11.3. The molecule has 0 atom stereocenters. The Hall–Kier alpha value is -0.280. The highest BCUT2D eigenvalue weighted by Crippen LogP contribution is 2.13. The largest absolute Gasteiger partial charge is 1.00 e. The van der Waals surface area contributed by atoms with E-state index in [0.29, 0.717) is 6.42 Å². The monoisotopic (exact) mass is 363 g/mol. The number of rotatable bonds is 17. The molecule has 0 rings (SSSR count). The molecule has 0 aliphatic heterocycles. The van der Waals surface area contributed by atoms with Crippen LogP contribution in [0.3, 0.4) is 0 Å². The third-order valence-corrected chi connectivity index (χ3v) is 4.30. The molecule has 0 radical (unpaired) electrons. The Morgan fingerprint density at radius 2 is 1.00 bits per heavy atom. The van der Waals surface area contributed by atoms with Gasteiger partial charge in [0, 0.05) is 0 Å². The van der Waals surface area contributed by atoms with Gasteiger partial charge in [0.15, 0.2) is 0 Å². The van der Waals surface area contributed by atoms with Crippen molar-refractivity contribution in [3.63, 3.8) is 0 Å². The molecule has 0 spiro atoms. The standard InChI is InChI=1S/C20H41NO2.ClH/c1-4-5-6-7-8-9-10-11-12-13-14-15-16-17-18-19-20(22)23-21(2)3;/h4-19H2,1-3H3;1H. The zero-order valence-corrected chi connectivity index (χ0v) is 17.3. The number of carbonyl (C=O) groups excluding carboxylic acids is 1. The molecule has 1 N–H and O–H groups in total. The molecule has 0 unspecified atom stereocenters. The van der Waals surface area contributed by atoms with Crippen molar-refractivity contribution in [1.82, 2.24) is 0 Å². The molecule has 146 valence electrons. The smallest absolute Gasteiger partial charge is 0.366 e. The first kappa shape index (κ1) is 26.0. The predicted octanol–water partition coefficient (Wildman–Crippen LogP) is 1.85. The Morgan fingerprint density at radius 1 is 0.667 bits per heavy atom. The summed E-state index contributed by atoms with van der Waals surface area (Å²) in [6, 6.07) is 0. The van der Waals surface area contributed by atoms with E-state index in [2.05, 4.69) is 6.92 Å². The Kier molecular flexibility index (Phi) is 22.5. The Morgan fingerprint density at radius 3 is 1.33 bits per heavy atom. The third-order valence-electron chi connectivity index (χ3n) is 4.30. The molecular weight excluding hydrogens is 322 g/mol. The Bertz CT molecular complexity index is 260. The van der Waals surface area contributed by atoms with Crippen LogP contribution in [0.1, 0.15) is 110 Å². The summed E-state index contributed by atoms with van der Waals surface area (Å²) in [6.07, 6.45) is 20.8. The van der Waals surface area contributed by atoms with E-state index in [4.69, 9.17) is 4.84 Å². The highest BCUT2D eigenvalue weighted by molar-refractivity contribution is 5.68. The van der Waals surface area contributed by atoms with Gasteiger partial charge in [0.1, 0.15) is 14.1 Å². The first-order valence-corrected chi connectivity index (χ1v) is 10.2. The summed E-state index contributed by atoms with van der Waals surface area (Å²) in [7, 11) is 3.65. The van der Waals surface area contributed by atoms with Crippen LogP contribution in [0.25, 0.3) is 0 Å². The van der Waals surface area contributed by atoms with E-state index in [-0.39, 0.29) is 18.4 Å². The van der Waals surface area contributed by atoms with Gasteiger partial charge in [-0.05, 0) is 6.42 Å². The highest BCUT2D eigenvalue weighted by atomic mass is 35.5. The van der Waals surface area contributed by atoms with Gasteiger partial charge in [-0.1, -0.05) is 96.8 Å². The second kappa shape index (κ2) is 20.8. The van der Waals surface area contributed by atoms with E-state index in [1.54, 1.807) is 0 Å².